The molecule has 1 aliphatic heterocycles. The molecule has 2 heteroatoms. The largest absolute Gasteiger partial charge is 0.362 e. The lowest BCUT2D eigenvalue weighted by atomic mass is 9.59. The third-order valence-electron chi connectivity index (χ3n) is 9.87. The quantitative estimate of drug-likeness (QED) is 0.311. The molecule has 0 radical (unpaired) electrons. The minimum absolute atomic E-state index is 0.0755. The number of nitrogens with zero attached hydrogens (tertiary/aromatic N) is 2. The first-order valence-electron chi connectivity index (χ1n) is 12.4. The number of hydrogen-bond acceptors (Lipinski definition) is 1. The van der Waals surface area contributed by atoms with Gasteiger partial charge in [-0.3, -0.25) is 0 Å². The fraction of sp³-hybridized carbons (Fsp3) is 0.419. The minimum atomic E-state index is 0.0755. The molecule has 0 aliphatic carbocycles. The second-order valence-electron chi connectivity index (χ2n) is 11.4. The van der Waals surface area contributed by atoms with Crippen molar-refractivity contribution in [3.8, 4) is 5.69 Å². The van der Waals surface area contributed by atoms with Crippen LogP contribution in [0, 0.1) is 17.8 Å². The fourth-order valence-electron chi connectivity index (χ4n) is 6.58. The van der Waals surface area contributed by atoms with Gasteiger partial charge < -0.3 is 9.47 Å². The van der Waals surface area contributed by atoms with E-state index >= 15 is 0 Å². The second kappa shape index (κ2) is 7.13. The van der Waals surface area contributed by atoms with Crippen molar-refractivity contribution in [2.24, 2.45) is 10.8 Å². The molecule has 1 unspecified atom stereocenters. The van der Waals surface area contributed by atoms with Gasteiger partial charge in [-0.2, -0.15) is 0 Å². The number of anilines is 1. The zero-order valence-electron chi connectivity index (χ0n) is 21.5. The number of rotatable bonds is 3. The van der Waals surface area contributed by atoms with Gasteiger partial charge in [0.1, 0.15) is 0 Å². The first-order chi connectivity index (χ1) is 15.6. The molecule has 1 fully saturated rings. The smallest absolute Gasteiger partial charge is 0.0545 e. The second-order valence-corrected chi connectivity index (χ2v) is 11.4. The molecule has 0 N–H and O–H groups in total. The zero-order chi connectivity index (χ0) is 23.8. The number of aryl methyl sites for hydroxylation is 1. The number of fused-ring (bicyclic) bond motifs is 3. The van der Waals surface area contributed by atoms with E-state index in [1.165, 1.54) is 38.7 Å². The van der Waals surface area contributed by atoms with Crippen molar-refractivity contribution < 1.29 is 0 Å². The van der Waals surface area contributed by atoms with Gasteiger partial charge in [0, 0.05) is 33.7 Å². The van der Waals surface area contributed by atoms with E-state index in [0.29, 0.717) is 6.04 Å². The Balaban J connectivity index is 1.83. The molecule has 33 heavy (non-hydrogen) atoms. The van der Waals surface area contributed by atoms with Crippen LogP contribution >= 0.6 is 0 Å². The predicted octanol–water partition coefficient (Wildman–Crippen LogP) is 8.52. The van der Waals surface area contributed by atoms with Crippen molar-refractivity contribution in [3.05, 3.63) is 72.3 Å². The van der Waals surface area contributed by atoms with E-state index in [1.54, 1.807) is 0 Å². The van der Waals surface area contributed by atoms with Gasteiger partial charge in [-0.1, -0.05) is 71.0 Å². The molecule has 2 nitrogen and oxygen atoms in total. The first kappa shape index (κ1) is 22.1. The van der Waals surface area contributed by atoms with Crippen LogP contribution in [0.25, 0.3) is 27.5 Å². The summed E-state index contributed by atoms with van der Waals surface area (Å²) < 4.78 is 2.42. The van der Waals surface area contributed by atoms with Crippen molar-refractivity contribution in [1.82, 2.24) is 4.57 Å². The van der Waals surface area contributed by atoms with Crippen LogP contribution in [-0.4, -0.2) is 16.1 Å². The Bertz CT molecular complexity index is 1340. The average Bonchev–Trinajstić information content (AvgIpc) is 3.16. The third kappa shape index (κ3) is 2.73. The maximum Gasteiger partial charge on any atom is 0.0545 e. The topological polar surface area (TPSA) is 8.17 Å². The highest BCUT2D eigenvalue weighted by Crippen LogP contribution is 2.62. The molecule has 0 bridgehead atoms. The molecule has 1 aliphatic rings. The summed E-state index contributed by atoms with van der Waals surface area (Å²) in [6.07, 6.45) is 1.12. The van der Waals surface area contributed by atoms with Gasteiger partial charge in [0.05, 0.1) is 11.0 Å². The van der Waals surface area contributed by atoms with Crippen LogP contribution in [-0.2, 0) is 0 Å². The number of para-hydroxylation sites is 2. The van der Waals surface area contributed by atoms with Gasteiger partial charge in [-0.05, 0) is 73.9 Å². The molecular formula is C31H38N2. The Morgan fingerprint density at radius 1 is 0.788 bits per heavy atom. The lowest BCUT2D eigenvalue weighted by Gasteiger charge is -2.47. The summed E-state index contributed by atoms with van der Waals surface area (Å²) in [7, 11) is 0. The molecule has 2 atom stereocenters. The molecule has 172 valence electrons. The van der Waals surface area contributed by atoms with E-state index in [0.717, 1.165) is 6.42 Å². The van der Waals surface area contributed by atoms with E-state index in [9.17, 15) is 0 Å². The summed E-state index contributed by atoms with van der Waals surface area (Å²) in [5.41, 5.74) is 6.94. The molecule has 1 aromatic heterocycles. The fourth-order valence-corrected chi connectivity index (χ4v) is 6.58. The molecule has 0 amide bonds. The van der Waals surface area contributed by atoms with Gasteiger partial charge in [-0.25, -0.2) is 0 Å². The molecule has 4 aromatic rings. The molecular weight excluding hydrogens is 400 g/mol. The number of aromatic nitrogens is 1. The van der Waals surface area contributed by atoms with E-state index in [2.05, 4.69) is 132 Å². The van der Waals surface area contributed by atoms with Gasteiger partial charge in [-0.15, -0.1) is 0 Å². The summed E-state index contributed by atoms with van der Waals surface area (Å²) in [6.45, 7) is 19.4. The van der Waals surface area contributed by atoms with Crippen LogP contribution in [0.2, 0.25) is 0 Å². The van der Waals surface area contributed by atoms with Crippen LogP contribution in [0.5, 0.6) is 0 Å². The molecule has 2 heterocycles. The van der Waals surface area contributed by atoms with Gasteiger partial charge in [0.15, 0.2) is 0 Å². The Kier molecular flexibility index (Phi) is 4.77. The first-order valence-corrected chi connectivity index (χ1v) is 12.4. The predicted molar refractivity (Wildman–Crippen MR) is 144 cm³/mol. The Labute approximate surface area is 199 Å². The normalized spacial score (nSPS) is 24.1. The van der Waals surface area contributed by atoms with Gasteiger partial charge >= 0.3 is 0 Å². The van der Waals surface area contributed by atoms with Crippen molar-refractivity contribution in [1.29, 1.82) is 0 Å². The van der Waals surface area contributed by atoms with Crippen LogP contribution in [0.1, 0.15) is 60.5 Å². The third-order valence-corrected chi connectivity index (χ3v) is 9.87. The summed E-state index contributed by atoms with van der Waals surface area (Å²) in [6, 6.07) is 24.9. The number of benzene rings is 3. The van der Waals surface area contributed by atoms with Crippen molar-refractivity contribution in [3.63, 3.8) is 0 Å². The van der Waals surface area contributed by atoms with Crippen molar-refractivity contribution >= 4 is 27.5 Å². The Hall–Kier alpha value is -2.74. The summed E-state index contributed by atoms with van der Waals surface area (Å²) in [5, 5.41) is 2.66. The maximum atomic E-state index is 2.76. The maximum absolute atomic E-state index is 2.76. The lowest BCUT2D eigenvalue weighted by molar-refractivity contribution is 0.0837. The highest BCUT2D eigenvalue weighted by atomic mass is 15.3. The van der Waals surface area contributed by atoms with E-state index in [-0.39, 0.29) is 16.4 Å². The molecule has 3 aromatic carbocycles. The van der Waals surface area contributed by atoms with Crippen LogP contribution in [0.15, 0.2) is 66.7 Å². The highest BCUT2D eigenvalue weighted by molar-refractivity contribution is 6.10. The monoisotopic (exact) mass is 438 g/mol. The molecule has 5 rings (SSSR count). The molecule has 0 saturated carbocycles. The zero-order valence-corrected chi connectivity index (χ0v) is 21.5. The summed E-state index contributed by atoms with van der Waals surface area (Å²) in [4.78, 5) is 2.76. The van der Waals surface area contributed by atoms with E-state index < -0.39 is 0 Å². The van der Waals surface area contributed by atoms with Gasteiger partial charge in [0.25, 0.3) is 0 Å². The Morgan fingerprint density at radius 3 is 2.09 bits per heavy atom. The molecule has 1 saturated heterocycles. The van der Waals surface area contributed by atoms with E-state index in [1.807, 2.05) is 0 Å². The van der Waals surface area contributed by atoms with Crippen LogP contribution in [0.3, 0.4) is 0 Å². The van der Waals surface area contributed by atoms with E-state index in [4.69, 9.17) is 0 Å². The Morgan fingerprint density at radius 2 is 1.42 bits per heavy atom. The lowest BCUT2D eigenvalue weighted by Crippen LogP contribution is -2.51. The van der Waals surface area contributed by atoms with Crippen molar-refractivity contribution in [2.45, 2.75) is 73.4 Å². The SMILES string of the molecule is CCC1(C)N(c2cc3c4ccccc4n(-c4ccccc4)c3cc2C)[C@@H](C)C(C)(C)C1(C)C. The summed E-state index contributed by atoms with van der Waals surface area (Å²) in [5.74, 6) is 0. The minimum Gasteiger partial charge on any atom is -0.362 e. The van der Waals surface area contributed by atoms with Gasteiger partial charge in [0.2, 0.25) is 0 Å². The van der Waals surface area contributed by atoms with Crippen LogP contribution in [0.4, 0.5) is 5.69 Å². The summed E-state index contributed by atoms with van der Waals surface area (Å²) >= 11 is 0. The van der Waals surface area contributed by atoms with Crippen LogP contribution < -0.4 is 4.90 Å². The van der Waals surface area contributed by atoms with Crippen molar-refractivity contribution in [2.75, 3.05) is 4.90 Å². The molecule has 0 spiro atoms. The highest BCUT2D eigenvalue weighted by Gasteiger charge is 2.63. The number of hydrogen-bond donors (Lipinski definition) is 0. The average molecular weight is 439 g/mol. The standard InChI is InChI=1S/C31H38N2/c1-9-31(8)30(6,7)29(4,5)22(3)33(31)27-20-25-24-17-13-14-18-26(24)32(28(25)19-21(27)2)23-15-11-10-12-16-23/h10-20,22H,9H2,1-8H3/t22-,31?/m0/s1.